The van der Waals surface area contributed by atoms with Crippen LogP contribution in [0.1, 0.15) is 46.0 Å². The molecule has 0 saturated carbocycles. The third kappa shape index (κ3) is 5.48. The number of amidine groups is 1. The molecule has 0 amide bonds. The van der Waals surface area contributed by atoms with Crippen molar-refractivity contribution in [2.45, 2.75) is 52.0 Å². The van der Waals surface area contributed by atoms with Crippen molar-refractivity contribution in [3.63, 3.8) is 0 Å². The van der Waals surface area contributed by atoms with Gasteiger partial charge in [-0.1, -0.05) is 25.4 Å². The maximum Gasteiger partial charge on any atom is 0.144 e. The van der Waals surface area contributed by atoms with Gasteiger partial charge in [0.05, 0.1) is 0 Å². The van der Waals surface area contributed by atoms with Gasteiger partial charge in [-0.2, -0.15) is 11.8 Å². The van der Waals surface area contributed by atoms with E-state index in [-0.39, 0.29) is 5.41 Å². The van der Waals surface area contributed by atoms with E-state index in [0.29, 0.717) is 11.9 Å². The molecular formula is C13H27N3OS. The van der Waals surface area contributed by atoms with Gasteiger partial charge in [0, 0.05) is 17.2 Å². The van der Waals surface area contributed by atoms with E-state index in [4.69, 9.17) is 10.9 Å². The zero-order chi connectivity index (χ0) is 13.4. The Morgan fingerprint density at radius 1 is 1.50 bits per heavy atom. The third-order valence-corrected chi connectivity index (χ3v) is 4.84. The molecular weight excluding hydrogens is 246 g/mol. The van der Waals surface area contributed by atoms with Gasteiger partial charge in [-0.3, -0.25) is 0 Å². The zero-order valence-electron chi connectivity index (χ0n) is 11.6. The molecule has 1 rings (SSSR count). The molecule has 0 bridgehead atoms. The minimum absolute atomic E-state index is 0.199. The SMILES string of the molecule is CC(C)(CCCCNC1CCCSC1)C(N)=NO. The summed E-state index contributed by atoms with van der Waals surface area (Å²) < 4.78 is 0. The van der Waals surface area contributed by atoms with E-state index >= 15 is 0 Å². The summed E-state index contributed by atoms with van der Waals surface area (Å²) >= 11 is 2.06. The van der Waals surface area contributed by atoms with Crippen LogP contribution in [-0.4, -0.2) is 35.1 Å². The second-order valence-electron chi connectivity index (χ2n) is 5.69. The third-order valence-electron chi connectivity index (χ3n) is 3.62. The second kappa shape index (κ2) is 7.89. The average Bonchev–Trinajstić information content (AvgIpc) is 2.38. The fourth-order valence-electron chi connectivity index (χ4n) is 2.16. The van der Waals surface area contributed by atoms with Crippen molar-refractivity contribution in [2.24, 2.45) is 16.3 Å². The first kappa shape index (κ1) is 15.6. The lowest BCUT2D eigenvalue weighted by Crippen LogP contribution is -2.35. The Morgan fingerprint density at radius 2 is 2.28 bits per heavy atom. The summed E-state index contributed by atoms with van der Waals surface area (Å²) in [5.41, 5.74) is 5.47. The lowest BCUT2D eigenvalue weighted by Gasteiger charge is -2.24. The van der Waals surface area contributed by atoms with Crippen molar-refractivity contribution in [1.82, 2.24) is 5.32 Å². The molecule has 1 heterocycles. The van der Waals surface area contributed by atoms with Gasteiger partial charge in [0.15, 0.2) is 0 Å². The van der Waals surface area contributed by atoms with Gasteiger partial charge >= 0.3 is 0 Å². The fraction of sp³-hybridized carbons (Fsp3) is 0.923. The smallest absolute Gasteiger partial charge is 0.144 e. The Bertz CT molecular complexity index is 263. The molecule has 4 nitrogen and oxygen atoms in total. The molecule has 106 valence electrons. The van der Waals surface area contributed by atoms with Crippen LogP contribution in [-0.2, 0) is 0 Å². The number of unbranched alkanes of at least 4 members (excludes halogenated alkanes) is 1. The Hall–Kier alpha value is -0.420. The van der Waals surface area contributed by atoms with Gasteiger partial charge in [-0.15, -0.1) is 0 Å². The number of hydrogen-bond acceptors (Lipinski definition) is 4. The highest BCUT2D eigenvalue weighted by atomic mass is 32.2. The molecule has 0 radical (unpaired) electrons. The van der Waals surface area contributed by atoms with Gasteiger partial charge in [-0.05, 0) is 38.0 Å². The molecule has 1 fully saturated rings. The molecule has 0 aliphatic carbocycles. The Labute approximate surface area is 115 Å². The largest absolute Gasteiger partial charge is 0.409 e. The summed E-state index contributed by atoms with van der Waals surface area (Å²) in [5.74, 6) is 2.92. The fourth-order valence-corrected chi connectivity index (χ4v) is 3.27. The summed E-state index contributed by atoms with van der Waals surface area (Å²) in [7, 11) is 0. The van der Waals surface area contributed by atoms with Crippen molar-refractivity contribution in [2.75, 3.05) is 18.1 Å². The number of nitrogens with two attached hydrogens (primary N) is 1. The van der Waals surface area contributed by atoms with Gasteiger partial charge in [0.25, 0.3) is 0 Å². The molecule has 5 heteroatoms. The number of thioether (sulfide) groups is 1. The van der Waals surface area contributed by atoms with Crippen LogP contribution in [0.4, 0.5) is 0 Å². The van der Waals surface area contributed by atoms with Crippen LogP contribution in [0.25, 0.3) is 0 Å². The number of oxime groups is 1. The van der Waals surface area contributed by atoms with E-state index in [0.717, 1.165) is 25.8 Å². The lowest BCUT2D eigenvalue weighted by atomic mass is 9.86. The molecule has 0 aromatic rings. The second-order valence-corrected chi connectivity index (χ2v) is 6.84. The van der Waals surface area contributed by atoms with Crippen LogP contribution in [0.2, 0.25) is 0 Å². The molecule has 1 atom stereocenters. The lowest BCUT2D eigenvalue weighted by molar-refractivity contribution is 0.304. The van der Waals surface area contributed by atoms with Crippen molar-refractivity contribution >= 4 is 17.6 Å². The van der Waals surface area contributed by atoms with Gasteiger partial charge < -0.3 is 16.3 Å². The molecule has 0 aromatic heterocycles. The highest BCUT2D eigenvalue weighted by Crippen LogP contribution is 2.23. The molecule has 1 aliphatic heterocycles. The topological polar surface area (TPSA) is 70.6 Å². The zero-order valence-corrected chi connectivity index (χ0v) is 12.4. The molecule has 4 N–H and O–H groups in total. The molecule has 0 aromatic carbocycles. The molecule has 1 unspecified atom stereocenters. The van der Waals surface area contributed by atoms with Gasteiger partial charge in [0.2, 0.25) is 0 Å². The molecule has 0 spiro atoms. The van der Waals surface area contributed by atoms with Crippen molar-refractivity contribution in [3.8, 4) is 0 Å². The van der Waals surface area contributed by atoms with E-state index in [9.17, 15) is 0 Å². The summed E-state index contributed by atoms with van der Waals surface area (Å²) in [5, 5.41) is 15.4. The summed E-state index contributed by atoms with van der Waals surface area (Å²) in [4.78, 5) is 0. The minimum Gasteiger partial charge on any atom is -0.409 e. The van der Waals surface area contributed by atoms with Crippen LogP contribution in [0.3, 0.4) is 0 Å². The van der Waals surface area contributed by atoms with E-state index in [2.05, 4.69) is 22.2 Å². The Morgan fingerprint density at radius 3 is 2.89 bits per heavy atom. The van der Waals surface area contributed by atoms with Crippen molar-refractivity contribution < 1.29 is 5.21 Å². The standard InChI is InChI=1S/C13H27N3OS/c1-13(2,12(14)16-17)7-3-4-8-15-11-6-5-9-18-10-11/h11,15,17H,3-10H2,1-2H3,(H2,14,16). The number of rotatable bonds is 7. The Kier molecular flexibility index (Phi) is 6.86. The van der Waals surface area contributed by atoms with Crippen molar-refractivity contribution in [1.29, 1.82) is 0 Å². The Balaban J connectivity index is 2.07. The molecule has 1 saturated heterocycles. The van der Waals surface area contributed by atoms with Crippen molar-refractivity contribution in [3.05, 3.63) is 0 Å². The van der Waals surface area contributed by atoms with Crippen LogP contribution in [0.5, 0.6) is 0 Å². The van der Waals surface area contributed by atoms with Crippen LogP contribution in [0, 0.1) is 5.41 Å². The van der Waals surface area contributed by atoms with E-state index in [1.807, 2.05) is 13.8 Å². The molecule has 1 aliphatic rings. The predicted octanol–water partition coefficient (Wildman–Crippen LogP) is 2.41. The molecule has 18 heavy (non-hydrogen) atoms. The maximum atomic E-state index is 8.69. The van der Waals surface area contributed by atoms with Crippen LogP contribution < -0.4 is 11.1 Å². The van der Waals surface area contributed by atoms with E-state index in [1.165, 1.54) is 24.3 Å². The number of nitrogens with one attached hydrogen (secondary N) is 1. The first-order chi connectivity index (χ1) is 8.56. The van der Waals surface area contributed by atoms with Gasteiger partial charge in [0.1, 0.15) is 5.84 Å². The van der Waals surface area contributed by atoms with Crippen LogP contribution >= 0.6 is 11.8 Å². The summed E-state index contributed by atoms with van der Waals surface area (Å²) in [6, 6.07) is 0.709. The highest BCUT2D eigenvalue weighted by molar-refractivity contribution is 7.99. The van der Waals surface area contributed by atoms with Crippen LogP contribution in [0.15, 0.2) is 5.16 Å². The average molecular weight is 273 g/mol. The van der Waals surface area contributed by atoms with E-state index in [1.54, 1.807) is 0 Å². The number of hydrogen-bond donors (Lipinski definition) is 3. The first-order valence-electron chi connectivity index (χ1n) is 6.85. The monoisotopic (exact) mass is 273 g/mol. The summed E-state index contributed by atoms with van der Waals surface area (Å²) in [6.45, 7) is 5.12. The first-order valence-corrected chi connectivity index (χ1v) is 8.01. The summed E-state index contributed by atoms with van der Waals surface area (Å²) in [6.07, 6.45) is 5.89. The maximum absolute atomic E-state index is 8.69. The normalized spacial score (nSPS) is 22.1. The van der Waals surface area contributed by atoms with Gasteiger partial charge in [-0.25, -0.2) is 0 Å². The predicted molar refractivity (Wildman–Crippen MR) is 79.4 cm³/mol. The minimum atomic E-state index is -0.199. The highest BCUT2D eigenvalue weighted by Gasteiger charge is 2.22. The van der Waals surface area contributed by atoms with E-state index < -0.39 is 0 Å². The number of nitrogens with zero attached hydrogens (tertiary/aromatic N) is 1. The quantitative estimate of drug-likeness (QED) is 0.219.